The Balaban J connectivity index is 1.51. The SMILES string of the molecule is CC(C)(C)OC(=O)NC1(C(=O)NC(C#N)Cc2cc3c(cc2F)-c2ccc(F)cc2CO3)CCOCC1. The number of benzene rings is 2. The number of carbonyl (C=O) groups excluding carboxylic acids is 2. The number of ether oxygens (including phenoxy) is 3. The third-order valence-corrected chi connectivity index (χ3v) is 6.30. The summed E-state index contributed by atoms with van der Waals surface area (Å²) in [6.45, 7) is 5.74. The van der Waals surface area contributed by atoms with Crippen LogP contribution in [0.1, 0.15) is 44.7 Å². The number of fused-ring (bicyclic) bond motifs is 3. The molecule has 0 saturated carbocycles. The summed E-state index contributed by atoms with van der Waals surface area (Å²) >= 11 is 0. The van der Waals surface area contributed by atoms with Gasteiger partial charge in [0.1, 0.15) is 41.2 Å². The molecule has 0 spiro atoms. The van der Waals surface area contributed by atoms with Crippen LogP contribution in [0.15, 0.2) is 30.3 Å². The Morgan fingerprint density at radius 2 is 1.89 bits per heavy atom. The minimum absolute atomic E-state index is 0.125. The first-order valence-electron chi connectivity index (χ1n) is 12.0. The smallest absolute Gasteiger partial charge is 0.408 e. The van der Waals surface area contributed by atoms with E-state index in [0.717, 1.165) is 0 Å². The monoisotopic (exact) mass is 513 g/mol. The normalized spacial score (nSPS) is 16.8. The zero-order valence-corrected chi connectivity index (χ0v) is 21.0. The lowest BCUT2D eigenvalue weighted by Gasteiger charge is -2.37. The summed E-state index contributed by atoms with van der Waals surface area (Å²) in [7, 11) is 0. The quantitative estimate of drug-likeness (QED) is 0.622. The highest BCUT2D eigenvalue weighted by Gasteiger charge is 2.43. The minimum atomic E-state index is -1.33. The molecule has 2 aromatic rings. The van der Waals surface area contributed by atoms with E-state index in [1.807, 2.05) is 6.07 Å². The molecule has 0 bridgehead atoms. The molecule has 1 atom stereocenters. The number of halogens is 2. The Hall–Kier alpha value is -3.71. The van der Waals surface area contributed by atoms with Gasteiger partial charge in [0.15, 0.2) is 0 Å². The van der Waals surface area contributed by atoms with E-state index < -0.39 is 40.8 Å². The molecule has 37 heavy (non-hydrogen) atoms. The van der Waals surface area contributed by atoms with Gasteiger partial charge in [-0.1, -0.05) is 6.07 Å². The zero-order valence-electron chi connectivity index (χ0n) is 21.0. The van der Waals surface area contributed by atoms with Crippen LogP contribution in [-0.2, 0) is 27.3 Å². The fraction of sp³-hybridized carbons (Fsp3) is 0.444. The first-order chi connectivity index (χ1) is 17.5. The molecule has 2 aromatic carbocycles. The second-order valence-corrected chi connectivity index (χ2v) is 10.2. The van der Waals surface area contributed by atoms with E-state index in [0.29, 0.717) is 22.4 Å². The van der Waals surface area contributed by atoms with Crippen LogP contribution in [-0.4, -0.2) is 42.4 Å². The van der Waals surface area contributed by atoms with Gasteiger partial charge in [0.05, 0.1) is 6.07 Å². The summed E-state index contributed by atoms with van der Waals surface area (Å²) in [4.78, 5) is 25.8. The number of hydrogen-bond acceptors (Lipinski definition) is 6. The predicted molar refractivity (Wildman–Crippen MR) is 130 cm³/mol. The van der Waals surface area contributed by atoms with Gasteiger partial charge in [0, 0.05) is 43.6 Å². The van der Waals surface area contributed by atoms with Crippen molar-refractivity contribution in [3.05, 3.63) is 53.1 Å². The summed E-state index contributed by atoms with van der Waals surface area (Å²) in [5.74, 6) is -1.15. The molecule has 0 aromatic heterocycles. The second kappa shape index (κ2) is 10.3. The number of rotatable bonds is 5. The fourth-order valence-corrected chi connectivity index (χ4v) is 4.45. The van der Waals surface area contributed by atoms with Crippen molar-refractivity contribution in [2.75, 3.05) is 13.2 Å². The molecular formula is C27H29F2N3O5. The number of carbonyl (C=O) groups is 2. The molecule has 1 saturated heterocycles. The van der Waals surface area contributed by atoms with Crippen LogP contribution in [0.2, 0.25) is 0 Å². The molecule has 2 N–H and O–H groups in total. The van der Waals surface area contributed by atoms with Gasteiger partial charge >= 0.3 is 6.09 Å². The van der Waals surface area contributed by atoms with Crippen LogP contribution in [0.5, 0.6) is 5.75 Å². The highest BCUT2D eigenvalue weighted by Crippen LogP contribution is 2.39. The molecular weight excluding hydrogens is 484 g/mol. The first kappa shape index (κ1) is 26.4. The molecule has 0 radical (unpaired) electrons. The van der Waals surface area contributed by atoms with Crippen molar-refractivity contribution in [1.29, 1.82) is 5.26 Å². The third kappa shape index (κ3) is 6.00. The molecule has 2 amide bonds. The topological polar surface area (TPSA) is 110 Å². The highest BCUT2D eigenvalue weighted by atomic mass is 19.1. The largest absolute Gasteiger partial charge is 0.488 e. The maximum absolute atomic E-state index is 15.1. The summed E-state index contributed by atoms with van der Waals surface area (Å²) in [6.07, 6.45) is -0.495. The van der Waals surface area contributed by atoms with Crippen LogP contribution in [0, 0.1) is 23.0 Å². The van der Waals surface area contributed by atoms with Gasteiger partial charge < -0.3 is 24.8 Å². The number of amides is 2. The molecule has 8 nitrogen and oxygen atoms in total. The molecule has 10 heteroatoms. The Morgan fingerprint density at radius 1 is 1.16 bits per heavy atom. The summed E-state index contributed by atoms with van der Waals surface area (Å²) in [5.41, 5.74) is -0.135. The average molecular weight is 514 g/mol. The molecule has 4 rings (SSSR count). The summed E-state index contributed by atoms with van der Waals surface area (Å²) in [5, 5.41) is 15.1. The second-order valence-electron chi connectivity index (χ2n) is 10.2. The number of nitriles is 1. The minimum Gasteiger partial charge on any atom is -0.488 e. The molecule has 196 valence electrons. The summed E-state index contributed by atoms with van der Waals surface area (Å²) < 4.78 is 45.1. The Kier molecular flexibility index (Phi) is 7.37. The van der Waals surface area contributed by atoms with E-state index >= 15 is 4.39 Å². The van der Waals surface area contributed by atoms with Gasteiger partial charge in [-0.25, -0.2) is 13.6 Å². The van der Waals surface area contributed by atoms with E-state index in [4.69, 9.17) is 14.2 Å². The number of nitrogens with zero attached hydrogens (tertiary/aromatic N) is 1. The van der Waals surface area contributed by atoms with E-state index in [1.165, 1.54) is 24.3 Å². The van der Waals surface area contributed by atoms with E-state index in [2.05, 4.69) is 10.6 Å². The van der Waals surface area contributed by atoms with Crippen molar-refractivity contribution in [3.8, 4) is 22.9 Å². The van der Waals surface area contributed by atoms with E-state index in [1.54, 1.807) is 26.8 Å². The lowest BCUT2D eigenvalue weighted by atomic mass is 9.88. The average Bonchev–Trinajstić information content (AvgIpc) is 2.83. The Morgan fingerprint density at radius 3 is 2.57 bits per heavy atom. The Labute approximate surface area is 213 Å². The first-order valence-corrected chi connectivity index (χ1v) is 12.0. The van der Waals surface area contributed by atoms with Gasteiger partial charge in [-0.15, -0.1) is 0 Å². The van der Waals surface area contributed by atoms with Crippen molar-refractivity contribution in [3.63, 3.8) is 0 Å². The molecule has 1 fully saturated rings. The molecule has 2 heterocycles. The van der Waals surface area contributed by atoms with Crippen LogP contribution < -0.4 is 15.4 Å². The van der Waals surface area contributed by atoms with Crippen molar-refractivity contribution >= 4 is 12.0 Å². The van der Waals surface area contributed by atoms with Gasteiger partial charge in [0.2, 0.25) is 5.91 Å². The van der Waals surface area contributed by atoms with Crippen molar-refractivity contribution in [2.45, 2.75) is 63.8 Å². The highest BCUT2D eigenvalue weighted by molar-refractivity contribution is 5.90. The van der Waals surface area contributed by atoms with Crippen LogP contribution in [0.4, 0.5) is 13.6 Å². The van der Waals surface area contributed by atoms with Crippen LogP contribution in [0.3, 0.4) is 0 Å². The maximum Gasteiger partial charge on any atom is 0.408 e. The van der Waals surface area contributed by atoms with E-state index in [9.17, 15) is 19.2 Å². The molecule has 1 unspecified atom stereocenters. The Bertz CT molecular complexity index is 1250. The number of alkyl carbamates (subject to hydrolysis) is 1. The fourth-order valence-electron chi connectivity index (χ4n) is 4.45. The zero-order chi connectivity index (χ0) is 26.8. The van der Waals surface area contributed by atoms with Gasteiger partial charge in [-0.3, -0.25) is 4.79 Å². The lowest BCUT2D eigenvalue weighted by molar-refractivity contribution is -0.132. The van der Waals surface area contributed by atoms with E-state index in [-0.39, 0.29) is 44.6 Å². The maximum atomic E-state index is 15.1. The number of hydrogen-bond donors (Lipinski definition) is 2. The van der Waals surface area contributed by atoms with Crippen molar-refractivity contribution in [2.24, 2.45) is 0 Å². The molecule has 0 aliphatic carbocycles. The van der Waals surface area contributed by atoms with Crippen molar-refractivity contribution < 1.29 is 32.6 Å². The van der Waals surface area contributed by atoms with Crippen LogP contribution >= 0.6 is 0 Å². The molecule has 2 aliphatic heterocycles. The third-order valence-electron chi connectivity index (χ3n) is 6.30. The predicted octanol–water partition coefficient (Wildman–Crippen LogP) is 4.15. The van der Waals surface area contributed by atoms with Crippen LogP contribution in [0.25, 0.3) is 11.1 Å². The van der Waals surface area contributed by atoms with Crippen molar-refractivity contribution in [1.82, 2.24) is 10.6 Å². The lowest BCUT2D eigenvalue weighted by Crippen LogP contribution is -2.63. The summed E-state index contributed by atoms with van der Waals surface area (Å²) in [6, 6.07) is 7.94. The molecule has 2 aliphatic rings. The van der Waals surface area contributed by atoms with Gasteiger partial charge in [-0.2, -0.15) is 5.26 Å². The van der Waals surface area contributed by atoms with Gasteiger partial charge in [0.25, 0.3) is 0 Å². The standard InChI is InChI=1S/C27H29F2N3O5/c1-26(2,3)37-25(34)32-27(6-8-35-9-7-27)24(33)31-19(14-30)11-16-12-23-21(13-22(16)29)20-5-4-18(28)10-17(20)15-36-23/h4-5,10,12-13,19H,6-9,11,15H2,1-3H3,(H,31,33)(H,32,34). The van der Waals surface area contributed by atoms with Gasteiger partial charge in [-0.05, 0) is 56.2 Å². The number of nitrogens with one attached hydrogen (secondary N) is 2.